The zero-order valence-corrected chi connectivity index (χ0v) is 15.6. The first-order valence-corrected chi connectivity index (χ1v) is 10.2. The lowest BCUT2D eigenvalue weighted by molar-refractivity contribution is -0.116. The van der Waals surface area contributed by atoms with Gasteiger partial charge in [0.2, 0.25) is 15.9 Å². The number of carbonyl (C=O) groups is 1. The van der Waals surface area contributed by atoms with E-state index in [4.69, 9.17) is 11.6 Å². The minimum absolute atomic E-state index is 0.195. The molecular weight excluding hydrogens is 372 g/mol. The largest absolute Gasteiger partial charge is 0.348 e. The third-order valence-electron chi connectivity index (χ3n) is 4.12. The second-order valence-electron chi connectivity index (χ2n) is 5.98. The Morgan fingerprint density at radius 3 is 2.54 bits per heavy atom. The molecular formula is C19H19ClN2O3S. The fourth-order valence-electron chi connectivity index (χ4n) is 2.74. The van der Waals surface area contributed by atoms with Crippen LogP contribution < -0.4 is 9.62 Å². The van der Waals surface area contributed by atoms with Gasteiger partial charge in [-0.15, -0.1) is 0 Å². The number of nitrogens with one attached hydrogen (secondary N) is 1. The number of amides is 1. The van der Waals surface area contributed by atoms with Crippen LogP contribution in [-0.2, 0) is 21.4 Å². The summed E-state index contributed by atoms with van der Waals surface area (Å²) in [4.78, 5) is 11.9. The maximum atomic E-state index is 11.9. The number of carbonyl (C=O) groups excluding carboxylic acids is 1. The minimum atomic E-state index is -3.18. The van der Waals surface area contributed by atoms with E-state index in [0.717, 1.165) is 11.1 Å². The Labute approximate surface area is 158 Å². The van der Waals surface area contributed by atoms with Gasteiger partial charge in [0.1, 0.15) is 0 Å². The molecule has 1 aliphatic heterocycles. The monoisotopic (exact) mass is 390 g/mol. The van der Waals surface area contributed by atoms with E-state index in [1.807, 2.05) is 18.2 Å². The molecule has 26 heavy (non-hydrogen) atoms. The van der Waals surface area contributed by atoms with Crippen LogP contribution in [0.2, 0.25) is 5.02 Å². The van der Waals surface area contributed by atoms with Gasteiger partial charge < -0.3 is 5.32 Å². The van der Waals surface area contributed by atoms with E-state index in [1.165, 1.54) is 10.4 Å². The standard InChI is InChI=1S/C19H19ClN2O3S/c20-18-5-2-1-4-16(18)14-21-19(23)11-8-15-6-9-17(10-7-15)22-12-3-13-26(22,24)25/h1-2,4-11H,3,12-14H2,(H,21,23)/b11-8+. The van der Waals surface area contributed by atoms with Gasteiger partial charge in [-0.05, 0) is 41.8 Å². The van der Waals surface area contributed by atoms with Crippen molar-refractivity contribution in [1.82, 2.24) is 5.32 Å². The minimum Gasteiger partial charge on any atom is -0.348 e. The molecule has 0 atom stereocenters. The van der Waals surface area contributed by atoms with E-state index in [1.54, 1.807) is 36.4 Å². The first-order valence-electron chi connectivity index (χ1n) is 8.25. The van der Waals surface area contributed by atoms with Crippen molar-refractivity contribution in [2.45, 2.75) is 13.0 Å². The number of benzene rings is 2. The van der Waals surface area contributed by atoms with Crippen molar-refractivity contribution in [3.63, 3.8) is 0 Å². The molecule has 0 radical (unpaired) electrons. The summed E-state index contributed by atoms with van der Waals surface area (Å²) in [6, 6.07) is 14.4. The Balaban J connectivity index is 1.58. The molecule has 0 unspecified atom stereocenters. The Morgan fingerprint density at radius 2 is 1.88 bits per heavy atom. The van der Waals surface area contributed by atoms with Crippen LogP contribution in [0, 0.1) is 0 Å². The summed E-state index contributed by atoms with van der Waals surface area (Å²) < 4.78 is 25.3. The van der Waals surface area contributed by atoms with Crippen molar-refractivity contribution in [2.75, 3.05) is 16.6 Å². The van der Waals surface area contributed by atoms with E-state index in [9.17, 15) is 13.2 Å². The van der Waals surface area contributed by atoms with Gasteiger partial charge in [0.25, 0.3) is 0 Å². The first-order chi connectivity index (χ1) is 12.5. The molecule has 2 aromatic rings. The third kappa shape index (κ3) is 4.45. The second kappa shape index (κ2) is 7.93. The Morgan fingerprint density at radius 1 is 1.15 bits per heavy atom. The molecule has 1 fully saturated rings. The molecule has 1 N–H and O–H groups in total. The van der Waals surface area contributed by atoms with Crippen LogP contribution in [0.15, 0.2) is 54.6 Å². The number of anilines is 1. The lowest BCUT2D eigenvalue weighted by Gasteiger charge is -2.16. The van der Waals surface area contributed by atoms with E-state index in [2.05, 4.69) is 5.32 Å². The van der Waals surface area contributed by atoms with Crippen molar-refractivity contribution >= 4 is 39.3 Å². The van der Waals surface area contributed by atoms with E-state index < -0.39 is 10.0 Å². The molecule has 3 rings (SSSR count). The van der Waals surface area contributed by atoms with Gasteiger partial charge in [0.05, 0.1) is 11.4 Å². The van der Waals surface area contributed by atoms with Crippen molar-refractivity contribution in [3.05, 3.63) is 70.8 Å². The molecule has 5 nitrogen and oxygen atoms in total. The molecule has 0 aromatic heterocycles. The van der Waals surface area contributed by atoms with Gasteiger partial charge in [0, 0.05) is 24.2 Å². The lowest BCUT2D eigenvalue weighted by Crippen LogP contribution is -2.24. The summed E-state index contributed by atoms with van der Waals surface area (Å²) >= 11 is 6.05. The SMILES string of the molecule is O=C(/C=C/c1ccc(N2CCCS2(=O)=O)cc1)NCc1ccccc1Cl. The quantitative estimate of drug-likeness (QED) is 0.797. The van der Waals surface area contributed by atoms with Gasteiger partial charge in [-0.2, -0.15) is 0 Å². The summed E-state index contributed by atoms with van der Waals surface area (Å²) in [6.07, 6.45) is 3.78. The zero-order chi connectivity index (χ0) is 18.6. The van der Waals surface area contributed by atoms with Crippen LogP contribution in [0.4, 0.5) is 5.69 Å². The summed E-state index contributed by atoms with van der Waals surface area (Å²) in [5.41, 5.74) is 2.33. The van der Waals surface area contributed by atoms with Crippen molar-refractivity contribution in [3.8, 4) is 0 Å². The smallest absolute Gasteiger partial charge is 0.244 e. The van der Waals surface area contributed by atoms with Crippen molar-refractivity contribution < 1.29 is 13.2 Å². The van der Waals surface area contributed by atoms with Crippen LogP contribution in [0.3, 0.4) is 0 Å². The maximum absolute atomic E-state index is 11.9. The van der Waals surface area contributed by atoms with Crippen molar-refractivity contribution in [1.29, 1.82) is 0 Å². The molecule has 136 valence electrons. The summed E-state index contributed by atoms with van der Waals surface area (Å²) in [5, 5.41) is 3.39. The highest BCUT2D eigenvalue weighted by Crippen LogP contribution is 2.24. The molecule has 1 saturated heterocycles. The highest BCUT2D eigenvalue weighted by atomic mass is 35.5. The highest BCUT2D eigenvalue weighted by molar-refractivity contribution is 7.93. The van der Waals surface area contributed by atoms with E-state index in [-0.39, 0.29) is 11.7 Å². The number of halogens is 1. The summed E-state index contributed by atoms with van der Waals surface area (Å²) in [5.74, 6) is -0.0311. The Kier molecular flexibility index (Phi) is 5.64. The topological polar surface area (TPSA) is 66.5 Å². The van der Waals surface area contributed by atoms with E-state index in [0.29, 0.717) is 30.2 Å². The molecule has 0 aliphatic carbocycles. The lowest BCUT2D eigenvalue weighted by atomic mass is 10.2. The fourth-order valence-corrected chi connectivity index (χ4v) is 4.50. The maximum Gasteiger partial charge on any atom is 0.244 e. The predicted octanol–water partition coefficient (Wildman–Crippen LogP) is 3.21. The average Bonchev–Trinajstić information content (AvgIpc) is 2.99. The Bertz CT molecular complexity index is 924. The number of rotatable bonds is 5. The van der Waals surface area contributed by atoms with E-state index >= 15 is 0 Å². The van der Waals surface area contributed by atoms with Crippen LogP contribution >= 0.6 is 11.6 Å². The Hall–Kier alpha value is -2.31. The van der Waals surface area contributed by atoms with Crippen LogP contribution in [-0.4, -0.2) is 26.6 Å². The number of sulfonamides is 1. The highest BCUT2D eigenvalue weighted by Gasteiger charge is 2.28. The van der Waals surface area contributed by atoms with Gasteiger partial charge >= 0.3 is 0 Å². The number of hydrogen-bond acceptors (Lipinski definition) is 3. The molecule has 2 aromatic carbocycles. The average molecular weight is 391 g/mol. The predicted molar refractivity (Wildman–Crippen MR) is 105 cm³/mol. The zero-order valence-electron chi connectivity index (χ0n) is 14.1. The van der Waals surface area contributed by atoms with Crippen LogP contribution in [0.25, 0.3) is 6.08 Å². The van der Waals surface area contributed by atoms with Gasteiger partial charge in [-0.3, -0.25) is 9.10 Å². The third-order valence-corrected chi connectivity index (χ3v) is 6.36. The van der Waals surface area contributed by atoms with Crippen molar-refractivity contribution in [2.24, 2.45) is 0 Å². The summed E-state index contributed by atoms with van der Waals surface area (Å²) in [7, 11) is -3.18. The molecule has 0 saturated carbocycles. The van der Waals surface area contributed by atoms with Crippen LogP contribution in [0.1, 0.15) is 17.5 Å². The second-order valence-corrected chi connectivity index (χ2v) is 8.40. The van der Waals surface area contributed by atoms with Gasteiger partial charge in [-0.25, -0.2) is 8.42 Å². The fraction of sp³-hybridized carbons (Fsp3) is 0.211. The van der Waals surface area contributed by atoms with Gasteiger partial charge in [0.15, 0.2) is 0 Å². The normalized spacial score (nSPS) is 16.1. The summed E-state index contributed by atoms with van der Waals surface area (Å²) in [6.45, 7) is 0.872. The first kappa shape index (κ1) is 18.5. The number of hydrogen-bond donors (Lipinski definition) is 1. The molecule has 1 aliphatic rings. The molecule has 1 heterocycles. The molecule has 0 spiro atoms. The van der Waals surface area contributed by atoms with Crippen LogP contribution in [0.5, 0.6) is 0 Å². The van der Waals surface area contributed by atoms with Gasteiger partial charge in [-0.1, -0.05) is 41.9 Å². The molecule has 7 heteroatoms. The molecule has 0 bridgehead atoms. The number of nitrogens with zero attached hydrogens (tertiary/aromatic N) is 1. The molecule has 1 amide bonds.